The van der Waals surface area contributed by atoms with Gasteiger partial charge in [-0.1, -0.05) is 37.8 Å². The number of aromatic hydroxyl groups is 1. The molecule has 1 aliphatic carbocycles. The summed E-state index contributed by atoms with van der Waals surface area (Å²) in [7, 11) is 0. The molecule has 7 nitrogen and oxygen atoms in total. The highest BCUT2D eigenvalue weighted by Gasteiger charge is 2.33. The fourth-order valence-electron chi connectivity index (χ4n) is 3.11. The molecule has 0 fully saturated rings. The van der Waals surface area contributed by atoms with Crippen LogP contribution >= 0.6 is 11.3 Å². The zero-order valence-electron chi connectivity index (χ0n) is 13.5. The van der Waals surface area contributed by atoms with Gasteiger partial charge in [-0.15, -0.1) is 11.3 Å². The highest BCUT2D eigenvalue weighted by molar-refractivity contribution is 7.13. The lowest BCUT2D eigenvalue weighted by Crippen LogP contribution is -2.35. The number of rotatable bonds is 3. The molecule has 1 aromatic carbocycles. The van der Waals surface area contributed by atoms with Gasteiger partial charge in [0.1, 0.15) is 0 Å². The van der Waals surface area contributed by atoms with Gasteiger partial charge >= 0.3 is 0 Å². The van der Waals surface area contributed by atoms with Crippen molar-refractivity contribution in [1.29, 1.82) is 0 Å². The average Bonchev–Trinajstić information content (AvgIpc) is 3.26. The number of nitrogens with one attached hydrogen (secondary N) is 2. The number of carbonyl (C=O) groups excluding carboxylic acids is 1. The lowest BCUT2D eigenvalue weighted by atomic mass is 10.1. The summed E-state index contributed by atoms with van der Waals surface area (Å²) in [5, 5.41) is 24.8. The van der Waals surface area contributed by atoms with Gasteiger partial charge in [-0.25, -0.2) is 4.98 Å². The van der Waals surface area contributed by atoms with Crippen LogP contribution in [-0.2, 0) is 6.42 Å². The van der Waals surface area contributed by atoms with E-state index in [4.69, 9.17) is 0 Å². The maximum absolute atomic E-state index is 12.7. The van der Waals surface area contributed by atoms with Gasteiger partial charge in [-0.3, -0.25) is 9.59 Å². The minimum atomic E-state index is -0.791. The third-order valence-corrected chi connectivity index (χ3v) is 5.23. The number of aliphatic hydroxyl groups excluding tert-OH is 1. The van der Waals surface area contributed by atoms with Crippen LogP contribution in [0.5, 0.6) is 5.75 Å². The van der Waals surface area contributed by atoms with Crippen molar-refractivity contribution in [3.63, 3.8) is 0 Å². The van der Waals surface area contributed by atoms with E-state index in [1.54, 1.807) is 12.1 Å². The standard InChI is InChI=1S/C18H15N3O4S.CH4/c22-11-8-9-4-1-2-5-10(9)13(11)20-17(24)14-15(23)18(25)21-16(19-14)12-6-3-7-26-12;/h1-7,11,13,22-23H,8H2,(H,20,24)(H,19,21,25);1H4/t11-,13+;/m0./s1. The molecule has 3 aromatic rings. The van der Waals surface area contributed by atoms with Crippen LogP contribution in [0.1, 0.15) is 35.1 Å². The topological polar surface area (TPSA) is 115 Å². The van der Waals surface area contributed by atoms with Crippen LogP contribution in [0.4, 0.5) is 0 Å². The predicted octanol–water partition coefficient (Wildman–Crippen LogP) is 2.23. The third kappa shape index (κ3) is 3.36. The zero-order chi connectivity index (χ0) is 18.3. The van der Waals surface area contributed by atoms with Crippen LogP contribution in [0.25, 0.3) is 10.7 Å². The van der Waals surface area contributed by atoms with Crippen molar-refractivity contribution in [3.05, 3.63) is 69.0 Å². The van der Waals surface area contributed by atoms with Crippen LogP contribution in [0, 0.1) is 0 Å². The molecule has 2 heterocycles. The van der Waals surface area contributed by atoms with Gasteiger partial charge in [0.15, 0.2) is 11.5 Å². The van der Waals surface area contributed by atoms with Crippen LogP contribution < -0.4 is 10.9 Å². The first-order valence-electron chi connectivity index (χ1n) is 7.98. The Balaban J connectivity index is 0.00000210. The monoisotopic (exact) mass is 385 g/mol. The SMILES string of the molecule is C.O=C(N[C@@H]1c2ccccc2C[C@@H]1O)c1nc(-c2cccs2)[nH]c(=O)c1O. The third-order valence-electron chi connectivity index (χ3n) is 4.36. The Morgan fingerprint density at radius 1 is 1.26 bits per heavy atom. The molecule has 1 aliphatic rings. The van der Waals surface area contributed by atoms with Crippen LogP contribution in [0.2, 0.25) is 0 Å². The second-order valence-electron chi connectivity index (χ2n) is 6.01. The summed E-state index contributed by atoms with van der Waals surface area (Å²) >= 11 is 1.35. The van der Waals surface area contributed by atoms with Crippen molar-refractivity contribution >= 4 is 17.2 Å². The Morgan fingerprint density at radius 2 is 2.04 bits per heavy atom. The molecule has 0 spiro atoms. The highest BCUT2D eigenvalue weighted by atomic mass is 32.1. The summed E-state index contributed by atoms with van der Waals surface area (Å²) in [6, 6.07) is 10.3. The van der Waals surface area contributed by atoms with Crippen molar-refractivity contribution in [2.75, 3.05) is 0 Å². The van der Waals surface area contributed by atoms with Crippen LogP contribution in [0.3, 0.4) is 0 Å². The van der Waals surface area contributed by atoms with E-state index in [9.17, 15) is 19.8 Å². The molecule has 1 amide bonds. The van der Waals surface area contributed by atoms with Gasteiger partial charge in [-0.05, 0) is 22.6 Å². The first kappa shape index (κ1) is 18.8. The number of fused-ring (bicyclic) bond motifs is 1. The lowest BCUT2D eigenvalue weighted by molar-refractivity contribution is 0.0850. The number of hydrogen-bond acceptors (Lipinski definition) is 6. The Labute approximate surface area is 159 Å². The van der Waals surface area contributed by atoms with E-state index in [2.05, 4.69) is 15.3 Å². The second-order valence-corrected chi connectivity index (χ2v) is 6.96. The minimum absolute atomic E-state index is 0. The van der Waals surface area contributed by atoms with Gasteiger partial charge in [0.2, 0.25) is 5.75 Å². The van der Waals surface area contributed by atoms with Crippen LogP contribution in [0.15, 0.2) is 46.6 Å². The molecular formula is C19H19N3O4S. The molecule has 8 heteroatoms. The van der Waals surface area contributed by atoms with Crippen molar-refractivity contribution < 1.29 is 15.0 Å². The quantitative estimate of drug-likeness (QED) is 0.552. The number of aliphatic hydroxyl groups is 1. The number of benzene rings is 1. The smallest absolute Gasteiger partial charge is 0.294 e. The highest BCUT2D eigenvalue weighted by Crippen LogP contribution is 2.31. The number of amides is 1. The summed E-state index contributed by atoms with van der Waals surface area (Å²) in [6.07, 6.45) is -0.353. The van der Waals surface area contributed by atoms with Crippen molar-refractivity contribution in [2.24, 2.45) is 0 Å². The molecule has 140 valence electrons. The molecule has 27 heavy (non-hydrogen) atoms. The first-order valence-corrected chi connectivity index (χ1v) is 8.86. The second kappa shape index (κ2) is 7.34. The van der Waals surface area contributed by atoms with Gasteiger partial charge in [-0.2, -0.15) is 0 Å². The molecule has 0 unspecified atom stereocenters. The number of aromatic nitrogens is 2. The van der Waals surface area contributed by atoms with Gasteiger partial charge in [0.25, 0.3) is 11.5 Å². The molecule has 0 radical (unpaired) electrons. The Bertz CT molecular complexity index is 1030. The van der Waals surface area contributed by atoms with E-state index in [0.29, 0.717) is 11.3 Å². The van der Waals surface area contributed by atoms with Crippen molar-refractivity contribution in [3.8, 4) is 16.5 Å². The number of carbonyl (C=O) groups is 1. The summed E-state index contributed by atoms with van der Waals surface area (Å²) in [5.41, 5.74) is 0.610. The normalized spacial score (nSPS) is 17.8. The van der Waals surface area contributed by atoms with E-state index >= 15 is 0 Å². The fourth-order valence-corrected chi connectivity index (χ4v) is 3.78. The molecule has 0 saturated heterocycles. The summed E-state index contributed by atoms with van der Waals surface area (Å²) in [6.45, 7) is 0. The van der Waals surface area contributed by atoms with E-state index in [0.717, 1.165) is 11.1 Å². The number of aromatic amines is 1. The van der Waals surface area contributed by atoms with E-state index in [1.807, 2.05) is 29.6 Å². The maximum Gasteiger partial charge on any atom is 0.294 e. The van der Waals surface area contributed by atoms with E-state index in [1.165, 1.54) is 11.3 Å². The van der Waals surface area contributed by atoms with Crippen LogP contribution in [-0.4, -0.2) is 32.2 Å². The van der Waals surface area contributed by atoms with E-state index in [-0.39, 0.29) is 18.9 Å². The molecule has 2 atom stereocenters. The largest absolute Gasteiger partial charge is 0.501 e. The summed E-state index contributed by atoms with van der Waals surface area (Å²) < 4.78 is 0. The zero-order valence-corrected chi connectivity index (χ0v) is 14.3. The van der Waals surface area contributed by atoms with Crippen molar-refractivity contribution in [2.45, 2.75) is 26.0 Å². The molecule has 0 saturated carbocycles. The van der Waals surface area contributed by atoms with Gasteiger partial charge in [0, 0.05) is 6.42 Å². The first-order chi connectivity index (χ1) is 12.5. The molecular weight excluding hydrogens is 366 g/mol. The number of nitrogens with zero attached hydrogens (tertiary/aromatic N) is 1. The minimum Gasteiger partial charge on any atom is -0.501 e. The van der Waals surface area contributed by atoms with E-state index < -0.39 is 29.4 Å². The number of hydrogen-bond donors (Lipinski definition) is 4. The average molecular weight is 385 g/mol. The molecule has 4 N–H and O–H groups in total. The van der Waals surface area contributed by atoms with Gasteiger partial charge < -0.3 is 20.5 Å². The van der Waals surface area contributed by atoms with Crippen molar-refractivity contribution in [1.82, 2.24) is 15.3 Å². The molecule has 4 rings (SSSR count). The Hall–Kier alpha value is -2.97. The van der Waals surface area contributed by atoms with Gasteiger partial charge in [0.05, 0.1) is 17.0 Å². The summed E-state index contributed by atoms with van der Waals surface area (Å²) in [5.74, 6) is -1.25. The predicted molar refractivity (Wildman–Crippen MR) is 103 cm³/mol. The number of H-pyrrole nitrogens is 1. The maximum atomic E-state index is 12.7. The Morgan fingerprint density at radius 3 is 2.78 bits per heavy atom. The lowest BCUT2D eigenvalue weighted by Gasteiger charge is -2.18. The fraction of sp³-hybridized carbons (Fsp3) is 0.211. The molecule has 0 bridgehead atoms. The molecule has 0 aliphatic heterocycles. The Kier molecular flexibility index (Phi) is 5.11. The summed E-state index contributed by atoms with van der Waals surface area (Å²) in [4.78, 5) is 31.9. The molecule has 2 aromatic heterocycles. The number of thiophene rings is 1.